The van der Waals surface area contributed by atoms with E-state index in [4.69, 9.17) is 14.2 Å². The number of thiazole rings is 1. The number of hydrogen-bond acceptors (Lipinski definition) is 7. The maximum absolute atomic E-state index is 14.5. The molecular formula is C34H30FN3O5S. The van der Waals surface area contributed by atoms with Crippen LogP contribution >= 0.6 is 11.3 Å². The number of nitrogens with zero attached hydrogens (tertiary/aromatic N) is 3. The molecule has 0 saturated heterocycles. The van der Waals surface area contributed by atoms with Crippen molar-refractivity contribution < 1.29 is 23.4 Å². The average Bonchev–Trinajstić information content (AvgIpc) is 3.55. The van der Waals surface area contributed by atoms with Crippen molar-refractivity contribution in [3.8, 4) is 11.5 Å². The summed E-state index contributed by atoms with van der Waals surface area (Å²) in [5, 5.41) is 0.925. The van der Waals surface area contributed by atoms with E-state index in [0.29, 0.717) is 51.7 Å². The highest BCUT2D eigenvalue weighted by molar-refractivity contribution is 7.07. The molecular weight excluding hydrogens is 581 g/mol. The summed E-state index contributed by atoms with van der Waals surface area (Å²) in [5.41, 5.74) is 2.86. The fraction of sp³-hybridized carbons (Fsp3) is 0.206. The van der Waals surface area contributed by atoms with Crippen molar-refractivity contribution in [1.82, 2.24) is 9.13 Å². The molecule has 224 valence electrons. The highest BCUT2D eigenvalue weighted by Crippen LogP contribution is 2.35. The van der Waals surface area contributed by atoms with E-state index in [9.17, 15) is 14.0 Å². The van der Waals surface area contributed by atoms with Crippen molar-refractivity contribution in [1.29, 1.82) is 0 Å². The van der Waals surface area contributed by atoms with Gasteiger partial charge in [0.2, 0.25) is 0 Å². The second kappa shape index (κ2) is 12.3. The monoisotopic (exact) mass is 611 g/mol. The molecule has 1 aliphatic heterocycles. The van der Waals surface area contributed by atoms with Crippen LogP contribution < -0.4 is 24.4 Å². The van der Waals surface area contributed by atoms with E-state index in [1.54, 1.807) is 24.3 Å². The molecule has 0 amide bonds. The van der Waals surface area contributed by atoms with Crippen LogP contribution in [0.15, 0.2) is 94.5 Å². The molecule has 3 heterocycles. The maximum atomic E-state index is 14.5. The Labute approximate surface area is 256 Å². The van der Waals surface area contributed by atoms with Crippen LogP contribution in [0.25, 0.3) is 17.0 Å². The van der Waals surface area contributed by atoms with Crippen molar-refractivity contribution >= 4 is 34.3 Å². The zero-order valence-electron chi connectivity index (χ0n) is 24.5. The third-order valence-electron chi connectivity index (χ3n) is 7.41. The van der Waals surface area contributed by atoms with Gasteiger partial charge in [-0.1, -0.05) is 53.8 Å². The number of fused-ring (bicyclic) bond motifs is 2. The number of halogens is 1. The topological polar surface area (TPSA) is 84.0 Å². The summed E-state index contributed by atoms with van der Waals surface area (Å²) in [5.74, 6) is 0.221. The maximum Gasteiger partial charge on any atom is 0.337 e. The molecule has 5 aromatic rings. The number of para-hydroxylation sites is 1. The predicted octanol–water partition coefficient (Wildman–Crippen LogP) is 4.96. The summed E-state index contributed by atoms with van der Waals surface area (Å²) in [7, 11) is 1.30. The predicted molar refractivity (Wildman–Crippen MR) is 167 cm³/mol. The molecule has 0 spiro atoms. The van der Waals surface area contributed by atoms with E-state index < -0.39 is 12.0 Å². The van der Waals surface area contributed by atoms with Crippen molar-refractivity contribution in [3.63, 3.8) is 0 Å². The number of ether oxygens (including phenoxy) is 3. The van der Waals surface area contributed by atoms with Gasteiger partial charge in [0.05, 0.1) is 43.0 Å². The number of carbonyl (C=O) groups excluding carboxylic acids is 1. The lowest BCUT2D eigenvalue weighted by Crippen LogP contribution is -2.39. The van der Waals surface area contributed by atoms with Crippen LogP contribution in [0.2, 0.25) is 0 Å². The van der Waals surface area contributed by atoms with E-state index >= 15 is 0 Å². The molecule has 1 atom stereocenters. The van der Waals surface area contributed by atoms with Gasteiger partial charge in [-0.3, -0.25) is 9.36 Å². The molecule has 0 unspecified atom stereocenters. The van der Waals surface area contributed by atoms with Gasteiger partial charge in [-0.15, -0.1) is 0 Å². The zero-order chi connectivity index (χ0) is 30.8. The van der Waals surface area contributed by atoms with Gasteiger partial charge in [-0.2, -0.15) is 0 Å². The SMILES string of the molecule is CCOc1ccc([C@@H]2C(C(=O)OC)=CN=c3s/c(=C/c4cn(Cc5ccccc5F)c5ccccc45)c(=O)n32)cc1OCC. The quantitative estimate of drug-likeness (QED) is 0.220. The average molecular weight is 612 g/mol. The Hall–Kier alpha value is -4.96. The van der Waals surface area contributed by atoms with Gasteiger partial charge in [0, 0.05) is 34.4 Å². The number of rotatable bonds is 9. The molecule has 44 heavy (non-hydrogen) atoms. The van der Waals surface area contributed by atoms with Crippen LogP contribution in [0.3, 0.4) is 0 Å². The first-order valence-corrected chi connectivity index (χ1v) is 15.0. The Morgan fingerprint density at radius 2 is 1.77 bits per heavy atom. The smallest absolute Gasteiger partial charge is 0.337 e. The molecule has 10 heteroatoms. The fourth-order valence-electron chi connectivity index (χ4n) is 5.46. The Morgan fingerprint density at radius 1 is 1.02 bits per heavy atom. The number of benzene rings is 3. The van der Waals surface area contributed by atoms with Crippen LogP contribution in [-0.2, 0) is 16.1 Å². The first-order valence-electron chi connectivity index (χ1n) is 14.2. The number of hydrogen-bond donors (Lipinski definition) is 0. The Morgan fingerprint density at radius 3 is 2.55 bits per heavy atom. The second-order valence-corrected chi connectivity index (χ2v) is 11.1. The first kappa shape index (κ1) is 29.1. The minimum absolute atomic E-state index is 0.222. The molecule has 0 fully saturated rings. The molecule has 6 rings (SSSR count). The van der Waals surface area contributed by atoms with Crippen LogP contribution in [0.4, 0.5) is 4.39 Å². The minimum atomic E-state index is -0.793. The second-order valence-electron chi connectivity index (χ2n) is 10.1. The third kappa shape index (κ3) is 5.33. The largest absolute Gasteiger partial charge is 0.490 e. The molecule has 1 aliphatic rings. The van der Waals surface area contributed by atoms with E-state index in [-0.39, 0.29) is 16.9 Å². The lowest BCUT2D eigenvalue weighted by atomic mass is 9.97. The summed E-state index contributed by atoms with van der Waals surface area (Å²) in [6.07, 6.45) is 5.21. The molecule has 0 bridgehead atoms. The Balaban J connectivity index is 1.49. The van der Waals surface area contributed by atoms with E-state index in [0.717, 1.165) is 16.5 Å². The van der Waals surface area contributed by atoms with E-state index in [2.05, 4.69) is 4.99 Å². The van der Waals surface area contributed by atoms with Crippen LogP contribution in [0, 0.1) is 5.82 Å². The van der Waals surface area contributed by atoms with Crippen molar-refractivity contribution in [2.24, 2.45) is 4.99 Å². The van der Waals surface area contributed by atoms with Gasteiger partial charge in [-0.05, 0) is 49.8 Å². The molecule has 3 aromatic carbocycles. The lowest BCUT2D eigenvalue weighted by Gasteiger charge is -2.23. The van der Waals surface area contributed by atoms with Crippen molar-refractivity contribution in [2.75, 3.05) is 20.3 Å². The van der Waals surface area contributed by atoms with E-state index in [1.807, 2.05) is 67.1 Å². The standard InChI is InChI=1S/C34H30FN3O5S/c1-4-42-28-15-14-21(16-29(28)43-5-2)31-25(33(40)41-3)18-36-34-38(31)32(39)30(44-34)17-23-20-37(27-13-9-7-11-24(23)27)19-22-10-6-8-12-26(22)35/h6-18,20,31H,4-5,19H2,1-3H3/b30-17+/t31-/m1/s1. The molecule has 8 nitrogen and oxygen atoms in total. The van der Waals surface area contributed by atoms with Gasteiger partial charge in [0.25, 0.3) is 5.56 Å². The highest BCUT2D eigenvalue weighted by Gasteiger charge is 2.31. The number of carbonyl (C=O) groups is 1. The minimum Gasteiger partial charge on any atom is -0.490 e. The lowest BCUT2D eigenvalue weighted by molar-refractivity contribution is -0.136. The molecule has 0 saturated carbocycles. The van der Waals surface area contributed by atoms with Gasteiger partial charge >= 0.3 is 5.97 Å². The van der Waals surface area contributed by atoms with Gasteiger partial charge < -0.3 is 18.8 Å². The molecule has 0 N–H and O–H groups in total. The fourth-order valence-corrected chi connectivity index (χ4v) is 6.42. The highest BCUT2D eigenvalue weighted by atomic mass is 32.1. The van der Waals surface area contributed by atoms with Gasteiger partial charge in [-0.25, -0.2) is 14.2 Å². The third-order valence-corrected chi connectivity index (χ3v) is 8.41. The number of aromatic nitrogens is 2. The Bertz CT molecular complexity index is 2090. The number of methoxy groups -OCH3 is 1. The molecule has 2 aromatic heterocycles. The molecule has 0 aliphatic carbocycles. The van der Waals surface area contributed by atoms with Crippen molar-refractivity contribution in [2.45, 2.75) is 26.4 Å². The summed E-state index contributed by atoms with van der Waals surface area (Å²) in [6.45, 7) is 4.97. The van der Waals surface area contributed by atoms with Crippen molar-refractivity contribution in [3.05, 3.63) is 127 Å². The van der Waals surface area contributed by atoms with Crippen LogP contribution in [0.5, 0.6) is 11.5 Å². The summed E-state index contributed by atoms with van der Waals surface area (Å²) >= 11 is 1.23. The van der Waals surface area contributed by atoms with Crippen LogP contribution in [0.1, 0.15) is 36.6 Å². The molecule has 0 radical (unpaired) electrons. The van der Waals surface area contributed by atoms with Gasteiger partial charge in [0.15, 0.2) is 16.3 Å². The first-order chi connectivity index (χ1) is 21.4. The Kier molecular flexibility index (Phi) is 8.17. The summed E-state index contributed by atoms with van der Waals surface area (Å²) in [6, 6.07) is 19.1. The normalized spacial score (nSPS) is 14.6. The zero-order valence-corrected chi connectivity index (χ0v) is 25.3. The van der Waals surface area contributed by atoms with Crippen LogP contribution in [-0.4, -0.2) is 35.4 Å². The van der Waals surface area contributed by atoms with Gasteiger partial charge in [0.1, 0.15) is 5.82 Å². The van der Waals surface area contributed by atoms with E-state index in [1.165, 1.54) is 35.3 Å². The summed E-state index contributed by atoms with van der Waals surface area (Å²) in [4.78, 5) is 31.9. The summed E-state index contributed by atoms with van der Waals surface area (Å²) < 4.78 is 35.1. The number of esters is 1.